The van der Waals surface area contributed by atoms with E-state index in [9.17, 15) is 9.90 Å². The third-order valence-corrected chi connectivity index (χ3v) is 4.33. The highest BCUT2D eigenvalue weighted by atomic mass is 16.4. The Morgan fingerprint density at radius 2 is 1.91 bits per heavy atom. The van der Waals surface area contributed by atoms with E-state index in [0.717, 1.165) is 36.0 Å². The molecule has 3 heterocycles. The van der Waals surface area contributed by atoms with Gasteiger partial charge in [0.15, 0.2) is 0 Å². The van der Waals surface area contributed by atoms with Gasteiger partial charge in [-0.25, -0.2) is 9.78 Å². The van der Waals surface area contributed by atoms with Crippen LogP contribution in [0.1, 0.15) is 41.0 Å². The highest BCUT2D eigenvalue weighted by Gasteiger charge is 2.16. The van der Waals surface area contributed by atoms with Crippen LogP contribution in [0.5, 0.6) is 0 Å². The molecule has 5 heteroatoms. The van der Waals surface area contributed by atoms with Crippen LogP contribution in [0.25, 0.3) is 5.69 Å². The molecule has 1 fully saturated rings. The van der Waals surface area contributed by atoms with Gasteiger partial charge in [0.1, 0.15) is 5.82 Å². The van der Waals surface area contributed by atoms with E-state index < -0.39 is 5.97 Å². The van der Waals surface area contributed by atoms with Crippen molar-refractivity contribution in [1.82, 2.24) is 9.55 Å². The summed E-state index contributed by atoms with van der Waals surface area (Å²) in [5.74, 6) is 0.113. The van der Waals surface area contributed by atoms with Crippen LogP contribution in [0.2, 0.25) is 0 Å². The minimum Gasteiger partial charge on any atom is -0.478 e. The van der Waals surface area contributed by atoms with Crippen molar-refractivity contribution in [2.24, 2.45) is 0 Å². The third kappa shape index (κ3) is 2.58. The van der Waals surface area contributed by atoms with Gasteiger partial charge >= 0.3 is 5.97 Å². The number of anilines is 1. The summed E-state index contributed by atoms with van der Waals surface area (Å²) in [5, 5.41) is 9.23. The first-order valence-corrected chi connectivity index (χ1v) is 7.71. The molecule has 116 valence electrons. The first kappa shape index (κ1) is 14.6. The fourth-order valence-corrected chi connectivity index (χ4v) is 3.20. The molecule has 0 bridgehead atoms. The molecule has 1 aliphatic rings. The second kappa shape index (κ2) is 5.83. The maximum absolute atomic E-state index is 11.2. The molecule has 2 aromatic rings. The van der Waals surface area contributed by atoms with Crippen LogP contribution in [-0.2, 0) is 0 Å². The minimum absolute atomic E-state index is 0.345. The van der Waals surface area contributed by atoms with Crippen molar-refractivity contribution >= 4 is 11.8 Å². The average Bonchev–Trinajstić information content (AvgIpc) is 2.83. The van der Waals surface area contributed by atoms with Crippen LogP contribution in [0.4, 0.5) is 5.82 Å². The third-order valence-electron chi connectivity index (χ3n) is 4.33. The number of aryl methyl sites for hydroxylation is 1. The molecule has 0 amide bonds. The first-order chi connectivity index (χ1) is 10.6. The van der Waals surface area contributed by atoms with E-state index in [4.69, 9.17) is 0 Å². The molecule has 2 aromatic heterocycles. The lowest BCUT2D eigenvalue weighted by Crippen LogP contribution is -2.30. The Kier molecular flexibility index (Phi) is 3.88. The lowest BCUT2D eigenvalue weighted by molar-refractivity contribution is 0.0696. The number of aromatic nitrogens is 2. The lowest BCUT2D eigenvalue weighted by atomic mass is 10.1. The van der Waals surface area contributed by atoms with Crippen molar-refractivity contribution in [2.45, 2.75) is 33.1 Å². The fourth-order valence-electron chi connectivity index (χ4n) is 3.20. The Morgan fingerprint density at radius 3 is 2.45 bits per heavy atom. The summed E-state index contributed by atoms with van der Waals surface area (Å²) in [7, 11) is 0. The number of carboxylic acids is 1. The molecule has 0 saturated carbocycles. The summed E-state index contributed by atoms with van der Waals surface area (Å²) >= 11 is 0. The number of nitrogens with zero attached hydrogens (tertiary/aromatic N) is 3. The quantitative estimate of drug-likeness (QED) is 0.945. The summed E-state index contributed by atoms with van der Waals surface area (Å²) in [5.41, 5.74) is 2.89. The van der Waals surface area contributed by atoms with Crippen LogP contribution in [0.3, 0.4) is 0 Å². The molecular formula is C17H21N3O2. The van der Waals surface area contributed by atoms with Gasteiger partial charge in [-0.1, -0.05) is 0 Å². The van der Waals surface area contributed by atoms with Crippen LogP contribution < -0.4 is 4.90 Å². The van der Waals surface area contributed by atoms with E-state index >= 15 is 0 Å². The molecule has 0 radical (unpaired) electrons. The highest BCUT2D eigenvalue weighted by molar-refractivity contribution is 5.89. The number of hydrogen-bond donors (Lipinski definition) is 1. The molecular weight excluding hydrogens is 278 g/mol. The number of piperidine rings is 1. The van der Waals surface area contributed by atoms with Crippen LogP contribution in [0, 0.1) is 13.8 Å². The van der Waals surface area contributed by atoms with E-state index in [1.54, 1.807) is 6.07 Å². The van der Waals surface area contributed by atoms with E-state index in [2.05, 4.69) is 9.88 Å². The number of pyridine rings is 1. The van der Waals surface area contributed by atoms with Crippen LogP contribution >= 0.6 is 0 Å². The van der Waals surface area contributed by atoms with Crippen LogP contribution in [0.15, 0.2) is 24.4 Å². The Hall–Kier alpha value is -2.30. The normalized spacial score (nSPS) is 15.1. The Labute approximate surface area is 130 Å². The molecule has 22 heavy (non-hydrogen) atoms. The summed E-state index contributed by atoms with van der Waals surface area (Å²) in [4.78, 5) is 18.1. The van der Waals surface area contributed by atoms with E-state index in [1.807, 2.05) is 36.7 Å². The Balaban J connectivity index is 1.91. The largest absolute Gasteiger partial charge is 0.478 e. The summed E-state index contributed by atoms with van der Waals surface area (Å²) in [6, 6.07) is 5.75. The number of carboxylic acid groups (broad SMARTS) is 1. The second-order valence-electron chi connectivity index (χ2n) is 5.85. The predicted molar refractivity (Wildman–Crippen MR) is 86.1 cm³/mol. The Morgan fingerprint density at radius 1 is 1.18 bits per heavy atom. The number of carbonyl (C=O) groups is 1. The molecule has 1 aliphatic heterocycles. The van der Waals surface area contributed by atoms with Gasteiger partial charge < -0.3 is 14.6 Å². The van der Waals surface area contributed by atoms with E-state index in [1.165, 1.54) is 19.3 Å². The summed E-state index contributed by atoms with van der Waals surface area (Å²) in [6.45, 7) is 5.88. The average molecular weight is 299 g/mol. The van der Waals surface area contributed by atoms with Crippen molar-refractivity contribution in [1.29, 1.82) is 0 Å². The van der Waals surface area contributed by atoms with Gasteiger partial charge in [0.05, 0.1) is 17.4 Å². The molecule has 1 saturated heterocycles. The fraction of sp³-hybridized carbons (Fsp3) is 0.412. The topological polar surface area (TPSA) is 58.4 Å². The van der Waals surface area contributed by atoms with Gasteiger partial charge in [-0.3, -0.25) is 0 Å². The molecule has 0 atom stereocenters. The number of aromatic carboxylic acids is 1. The first-order valence-electron chi connectivity index (χ1n) is 7.71. The van der Waals surface area contributed by atoms with Gasteiger partial charge in [-0.05, 0) is 51.3 Å². The zero-order valence-electron chi connectivity index (χ0n) is 13.0. The lowest BCUT2D eigenvalue weighted by Gasteiger charge is -2.27. The highest BCUT2D eigenvalue weighted by Crippen LogP contribution is 2.23. The summed E-state index contributed by atoms with van der Waals surface area (Å²) in [6.07, 6.45) is 5.58. The second-order valence-corrected chi connectivity index (χ2v) is 5.85. The monoisotopic (exact) mass is 299 g/mol. The molecule has 3 rings (SSSR count). The smallest absolute Gasteiger partial charge is 0.337 e. The zero-order valence-corrected chi connectivity index (χ0v) is 13.0. The van der Waals surface area contributed by atoms with Crippen molar-refractivity contribution in [3.8, 4) is 5.69 Å². The molecule has 1 N–H and O–H groups in total. The molecule has 5 nitrogen and oxygen atoms in total. The van der Waals surface area contributed by atoms with Gasteiger partial charge in [0, 0.05) is 24.5 Å². The van der Waals surface area contributed by atoms with Gasteiger partial charge in [0.2, 0.25) is 0 Å². The van der Waals surface area contributed by atoms with Crippen molar-refractivity contribution in [3.05, 3.63) is 41.3 Å². The van der Waals surface area contributed by atoms with Crippen LogP contribution in [-0.4, -0.2) is 33.7 Å². The van der Waals surface area contributed by atoms with Gasteiger partial charge in [-0.15, -0.1) is 0 Å². The van der Waals surface area contributed by atoms with Crippen molar-refractivity contribution in [3.63, 3.8) is 0 Å². The maximum atomic E-state index is 11.2. The van der Waals surface area contributed by atoms with E-state index in [-0.39, 0.29) is 0 Å². The minimum atomic E-state index is -0.891. The maximum Gasteiger partial charge on any atom is 0.337 e. The SMILES string of the molecule is Cc1cc(C(=O)O)c(C)n1-c1ccc(N2CCCCC2)nc1. The van der Waals surface area contributed by atoms with Crippen molar-refractivity contribution in [2.75, 3.05) is 18.0 Å². The predicted octanol–water partition coefficient (Wildman–Crippen LogP) is 3.18. The number of rotatable bonds is 3. The van der Waals surface area contributed by atoms with Gasteiger partial charge in [-0.2, -0.15) is 0 Å². The Bertz CT molecular complexity index is 683. The molecule has 0 aliphatic carbocycles. The van der Waals surface area contributed by atoms with Gasteiger partial charge in [0.25, 0.3) is 0 Å². The molecule has 0 spiro atoms. The zero-order chi connectivity index (χ0) is 15.7. The molecule has 0 aromatic carbocycles. The summed E-state index contributed by atoms with van der Waals surface area (Å²) < 4.78 is 1.94. The van der Waals surface area contributed by atoms with E-state index in [0.29, 0.717) is 5.56 Å². The van der Waals surface area contributed by atoms with Crippen molar-refractivity contribution < 1.29 is 9.90 Å². The molecule has 0 unspecified atom stereocenters. The standard InChI is InChI=1S/C17H21N3O2/c1-12-10-15(17(21)22)13(2)20(12)14-6-7-16(18-11-14)19-8-4-3-5-9-19/h6-7,10-11H,3-5,8-9H2,1-2H3,(H,21,22). The number of hydrogen-bond acceptors (Lipinski definition) is 3.